The van der Waals surface area contributed by atoms with Gasteiger partial charge in [-0.2, -0.15) is 0 Å². The van der Waals surface area contributed by atoms with E-state index in [0.717, 1.165) is 25.9 Å². The Labute approximate surface area is 110 Å². The third kappa shape index (κ3) is 4.64. The Morgan fingerprint density at radius 3 is 2.33 bits per heavy atom. The van der Waals surface area contributed by atoms with Crippen LogP contribution in [0.1, 0.15) is 33.1 Å². The van der Waals surface area contributed by atoms with Crippen LogP contribution in [-0.4, -0.2) is 60.9 Å². The molecule has 0 aromatic rings. The van der Waals surface area contributed by atoms with Gasteiger partial charge in [0.2, 0.25) is 11.8 Å². The molecule has 104 valence electrons. The van der Waals surface area contributed by atoms with Gasteiger partial charge in [-0.25, -0.2) is 0 Å². The van der Waals surface area contributed by atoms with Crippen molar-refractivity contribution < 1.29 is 9.59 Å². The Balaban J connectivity index is 2.20. The van der Waals surface area contributed by atoms with Gasteiger partial charge in [-0.05, 0) is 33.1 Å². The molecular weight excluding hydrogens is 230 g/mol. The van der Waals surface area contributed by atoms with Crippen LogP contribution in [0.25, 0.3) is 0 Å². The van der Waals surface area contributed by atoms with Crippen molar-refractivity contribution in [3.63, 3.8) is 0 Å². The van der Waals surface area contributed by atoms with E-state index in [0.29, 0.717) is 0 Å². The van der Waals surface area contributed by atoms with E-state index in [9.17, 15) is 9.59 Å². The van der Waals surface area contributed by atoms with Gasteiger partial charge in [0.25, 0.3) is 0 Å². The van der Waals surface area contributed by atoms with Crippen molar-refractivity contribution in [1.82, 2.24) is 15.1 Å². The largest absolute Gasteiger partial charge is 0.342 e. The Bertz CT molecular complexity index is 286. The molecule has 0 aromatic heterocycles. The molecule has 0 atom stereocenters. The second-order valence-corrected chi connectivity index (χ2v) is 5.14. The zero-order valence-corrected chi connectivity index (χ0v) is 11.7. The highest BCUT2D eigenvalue weighted by Gasteiger charge is 2.17. The minimum absolute atomic E-state index is 0.0245. The van der Waals surface area contributed by atoms with Crippen LogP contribution < -0.4 is 5.32 Å². The first kappa shape index (κ1) is 15.0. The van der Waals surface area contributed by atoms with E-state index in [2.05, 4.69) is 5.32 Å². The smallest absolute Gasteiger partial charge is 0.236 e. The van der Waals surface area contributed by atoms with Crippen molar-refractivity contribution >= 4 is 11.8 Å². The molecule has 18 heavy (non-hydrogen) atoms. The molecule has 0 bridgehead atoms. The summed E-state index contributed by atoms with van der Waals surface area (Å²) in [5.74, 6) is 0.131. The molecule has 1 aliphatic rings. The summed E-state index contributed by atoms with van der Waals surface area (Å²) in [4.78, 5) is 27.1. The second-order valence-electron chi connectivity index (χ2n) is 5.14. The highest BCUT2D eigenvalue weighted by molar-refractivity contribution is 5.81. The molecule has 0 saturated carbocycles. The lowest BCUT2D eigenvalue weighted by atomic mass is 10.1. The van der Waals surface area contributed by atoms with Crippen LogP contribution >= 0.6 is 0 Å². The lowest BCUT2D eigenvalue weighted by molar-refractivity contribution is -0.132. The summed E-state index contributed by atoms with van der Waals surface area (Å²) in [6.07, 6.45) is 3.41. The van der Waals surface area contributed by atoms with Crippen LogP contribution in [0, 0.1) is 0 Å². The topological polar surface area (TPSA) is 52.7 Å². The quantitative estimate of drug-likeness (QED) is 0.776. The van der Waals surface area contributed by atoms with Crippen molar-refractivity contribution in [2.45, 2.75) is 39.2 Å². The maximum atomic E-state index is 11.8. The van der Waals surface area contributed by atoms with E-state index in [1.807, 2.05) is 18.7 Å². The molecule has 5 nitrogen and oxygen atoms in total. The van der Waals surface area contributed by atoms with Gasteiger partial charge in [-0.15, -0.1) is 0 Å². The molecule has 1 rings (SSSR count). The van der Waals surface area contributed by atoms with Crippen LogP contribution in [0.15, 0.2) is 0 Å². The molecule has 0 radical (unpaired) electrons. The Kier molecular flexibility index (Phi) is 6.12. The highest BCUT2D eigenvalue weighted by Crippen LogP contribution is 2.08. The van der Waals surface area contributed by atoms with Crippen molar-refractivity contribution in [2.75, 3.05) is 33.2 Å². The van der Waals surface area contributed by atoms with Gasteiger partial charge in [-0.3, -0.25) is 14.9 Å². The number of piperidine rings is 1. The monoisotopic (exact) mass is 255 g/mol. The second kappa shape index (κ2) is 7.36. The Morgan fingerprint density at radius 2 is 1.78 bits per heavy atom. The maximum absolute atomic E-state index is 11.8. The minimum atomic E-state index is 0.0245. The predicted octanol–water partition coefficient (Wildman–Crippen LogP) is 0.455. The van der Waals surface area contributed by atoms with Gasteiger partial charge >= 0.3 is 0 Å². The van der Waals surface area contributed by atoms with E-state index < -0.39 is 0 Å². The normalized spacial score (nSPS) is 15.9. The molecule has 2 amide bonds. The number of amides is 2. The summed E-state index contributed by atoms with van der Waals surface area (Å²) in [6, 6.07) is 0.192. The summed E-state index contributed by atoms with van der Waals surface area (Å²) in [6.45, 7) is 6.15. The molecule has 5 heteroatoms. The summed E-state index contributed by atoms with van der Waals surface area (Å²) in [5.41, 5.74) is 0. The van der Waals surface area contributed by atoms with Gasteiger partial charge < -0.3 is 9.80 Å². The first-order valence-electron chi connectivity index (χ1n) is 6.76. The van der Waals surface area contributed by atoms with E-state index in [1.165, 1.54) is 6.42 Å². The molecule has 0 spiro atoms. The van der Waals surface area contributed by atoms with E-state index in [4.69, 9.17) is 0 Å². The summed E-state index contributed by atoms with van der Waals surface area (Å²) >= 11 is 0. The first-order valence-corrected chi connectivity index (χ1v) is 6.76. The zero-order valence-electron chi connectivity index (χ0n) is 11.7. The fraction of sp³-hybridized carbons (Fsp3) is 0.846. The molecule has 1 fully saturated rings. The summed E-state index contributed by atoms with van der Waals surface area (Å²) < 4.78 is 0. The highest BCUT2D eigenvalue weighted by atomic mass is 16.2. The van der Waals surface area contributed by atoms with E-state index in [-0.39, 0.29) is 30.9 Å². The molecular formula is C13H25N3O2. The number of hydrogen-bond acceptors (Lipinski definition) is 3. The standard InChI is InChI=1S/C13H25N3O2/c1-11(2)15(3)12(17)9-14-10-13(18)16-7-5-4-6-8-16/h11,14H,4-10H2,1-3H3. The van der Waals surface area contributed by atoms with Crippen LogP contribution in [-0.2, 0) is 9.59 Å². The number of carbonyl (C=O) groups excluding carboxylic acids is 2. The van der Waals surface area contributed by atoms with Crippen LogP contribution in [0.3, 0.4) is 0 Å². The third-order valence-corrected chi connectivity index (χ3v) is 3.43. The van der Waals surface area contributed by atoms with E-state index >= 15 is 0 Å². The molecule has 1 aliphatic heterocycles. The fourth-order valence-corrected chi connectivity index (χ4v) is 1.94. The van der Waals surface area contributed by atoms with Gasteiger partial charge in [0.1, 0.15) is 0 Å². The van der Waals surface area contributed by atoms with Crippen molar-refractivity contribution in [1.29, 1.82) is 0 Å². The number of likely N-dealkylation sites (tertiary alicyclic amines) is 1. The van der Waals surface area contributed by atoms with Crippen LogP contribution in [0.4, 0.5) is 0 Å². The number of rotatable bonds is 5. The van der Waals surface area contributed by atoms with Gasteiger partial charge in [0, 0.05) is 26.2 Å². The lowest BCUT2D eigenvalue weighted by Gasteiger charge is -2.27. The Hall–Kier alpha value is -1.10. The molecule has 0 unspecified atom stereocenters. The summed E-state index contributed by atoms with van der Waals surface area (Å²) in [7, 11) is 1.78. The fourth-order valence-electron chi connectivity index (χ4n) is 1.94. The number of nitrogens with one attached hydrogen (secondary N) is 1. The zero-order chi connectivity index (χ0) is 13.5. The van der Waals surface area contributed by atoms with E-state index in [1.54, 1.807) is 11.9 Å². The maximum Gasteiger partial charge on any atom is 0.236 e. The number of hydrogen-bond donors (Lipinski definition) is 1. The summed E-state index contributed by atoms with van der Waals surface area (Å²) in [5, 5.41) is 2.94. The van der Waals surface area contributed by atoms with Crippen LogP contribution in [0.2, 0.25) is 0 Å². The Morgan fingerprint density at radius 1 is 1.17 bits per heavy atom. The molecule has 0 aliphatic carbocycles. The van der Waals surface area contributed by atoms with Gasteiger partial charge in [-0.1, -0.05) is 0 Å². The third-order valence-electron chi connectivity index (χ3n) is 3.43. The number of likely N-dealkylation sites (N-methyl/N-ethyl adjacent to an activating group) is 1. The lowest BCUT2D eigenvalue weighted by Crippen LogP contribution is -2.44. The molecule has 1 heterocycles. The first-order chi connectivity index (χ1) is 8.52. The molecule has 1 N–H and O–H groups in total. The van der Waals surface area contributed by atoms with Crippen molar-refractivity contribution in [2.24, 2.45) is 0 Å². The average Bonchev–Trinajstić information content (AvgIpc) is 2.38. The average molecular weight is 255 g/mol. The van der Waals surface area contributed by atoms with Gasteiger partial charge in [0.15, 0.2) is 0 Å². The molecule has 0 aromatic carbocycles. The number of nitrogens with zero attached hydrogens (tertiary/aromatic N) is 2. The van der Waals surface area contributed by atoms with Gasteiger partial charge in [0.05, 0.1) is 13.1 Å². The van der Waals surface area contributed by atoms with Crippen molar-refractivity contribution in [3.05, 3.63) is 0 Å². The predicted molar refractivity (Wildman–Crippen MR) is 71.2 cm³/mol. The minimum Gasteiger partial charge on any atom is -0.342 e. The van der Waals surface area contributed by atoms with Crippen LogP contribution in [0.5, 0.6) is 0 Å². The number of carbonyl (C=O) groups is 2. The SMILES string of the molecule is CC(C)N(C)C(=O)CNCC(=O)N1CCCCC1. The molecule has 1 saturated heterocycles. The van der Waals surface area contributed by atoms with Crippen molar-refractivity contribution in [3.8, 4) is 0 Å².